The van der Waals surface area contributed by atoms with E-state index in [4.69, 9.17) is 0 Å². The number of nitrogens with zero attached hydrogens (tertiary/aromatic N) is 3. The van der Waals surface area contributed by atoms with Gasteiger partial charge in [-0.25, -0.2) is 0 Å². The van der Waals surface area contributed by atoms with E-state index in [1.807, 2.05) is 0 Å². The van der Waals surface area contributed by atoms with Gasteiger partial charge in [-0.15, -0.1) is 0 Å². The standard InChI is InChI=1S/C48H35N3Se/c1-5-16-36(17-6-1)49(37-18-7-2-8-19-37)40-28-32-42(33-29-40)51(46-26-15-25-45-44-24-13-14-27-47(44)52-48(45)46)43-34-30-41(31-35-43)50(38-20-9-3-10-21-38)39-22-11-4-12-23-39/h1-35H. The number of benzene rings is 8. The van der Waals surface area contributed by atoms with Gasteiger partial charge >= 0.3 is 312 Å². The molecule has 8 aromatic carbocycles. The van der Waals surface area contributed by atoms with Gasteiger partial charge in [-0.3, -0.25) is 0 Å². The van der Waals surface area contributed by atoms with Crippen molar-refractivity contribution in [3.63, 3.8) is 0 Å². The Labute approximate surface area is 310 Å². The predicted molar refractivity (Wildman–Crippen MR) is 222 cm³/mol. The number of anilines is 9. The summed E-state index contributed by atoms with van der Waals surface area (Å²) in [5.41, 5.74) is 10.1. The zero-order valence-corrected chi connectivity index (χ0v) is 30.2. The fourth-order valence-electron chi connectivity index (χ4n) is 7.04. The second kappa shape index (κ2) is 14.1. The van der Waals surface area contributed by atoms with Gasteiger partial charge in [0, 0.05) is 0 Å². The van der Waals surface area contributed by atoms with E-state index in [1.165, 1.54) is 25.0 Å². The molecule has 1 aromatic heterocycles. The van der Waals surface area contributed by atoms with Crippen molar-refractivity contribution in [3.8, 4) is 0 Å². The van der Waals surface area contributed by atoms with Crippen LogP contribution in [0.15, 0.2) is 212 Å². The summed E-state index contributed by atoms with van der Waals surface area (Å²) in [6, 6.07) is 76.0. The molecule has 52 heavy (non-hydrogen) atoms. The molecule has 4 heteroatoms. The molecule has 248 valence electrons. The minimum absolute atomic E-state index is 0.190. The van der Waals surface area contributed by atoms with Crippen molar-refractivity contribution in [2.45, 2.75) is 0 Å². The predicted octanol–water partition coefficient (Wildman–Crippen LogP) is 13.5. The summed E-state index contributed by atoms with van der Waals surface area (Å²) in [4.78, 5) is 7.06. The van der Waals surface area contributed by atoms with E-state index in [0.717, 1.165) is 45.5 Å². The van der Waals surface area contributed by atoms with Crippen LogP contribution in [0.25, 0.3) is 19.3 Å². The van der Waals surface area contributed by atoms with Gasteiger partial charge in [-0.1, -0.05) is 0 Å². The summed E-state index contributed by atoms with van der Waals surface area (Å²) >= 11 is 0.190. The Morgan fingerprint density at radius 1 is 0.250 bits per heavy atom. The van der Waals surface area contributed by atoms with E-state index in [1.54, 1.807) is 0 Å². The maximum atomic E-state index is 2.44. The van der Waals surface area contributed by atoms with Gasteiger partial charge in [0.1, 0.15) is 0 Å². The fraction of sp³-hybridized carbons (Fsp3) is 0. The van der Waals surface area contributed by atoms with Crippen LogP contribution in [-0.2, 0) is 0 Å². The van der Waals surface area contributed by atoms with E-state index < -0.39 is 0 Å². The van der Waals surface area contributed by atoms with Crippen LogP contribution in [0.3, 0.4) is 0 Å². The molecule has 9 aromatic rings. The SMILES string of the molecule is c1ccc(N(c2ccccc2)c2ccc(N(c3ccc(N(c4ccccc4)c4ccccc4)cc3)c3cccc4c3[se]c3ccccc34)cc2)cc1. The average Bonchev–Trinajstić information content (AvgIpc) is 3.61. The first kappa shape index (κ1) is 31.6. The molecule has 0 aliphatic heterocycles. The molecule has 0 atom stereocenters. The first-order valence-corrected chi connectivity index (χ1v) is 19.2. The second-order valence-corrected chi connectivity index (χ2v) is 14.8. The van der Waals surface area contributed by atoms with Crippen molar-refractivity contribution in [1.82, 2.24) is 0 Å². The molecule has 0 N–H and O–H groups in total. The molecule has 0 saturated carbocycles. The zero-order chi connectivity index (χ0) is 34.7. The number of hydrogen-bond acceptors (Lipinski definition) is 3. The summed E-state index contributed by atoms with van der Waals surface area (Å²) in [5.74, 6) is 0. The monoisotopic (exact) mass is 733 g/mol. The van der Waals surface area contributed by atoms with Gasteiger partial charge in [0.15, 0.2) is 0 Å². The molecule has 0 aliphatic carbocycles. The van der Waals surface area contributed by atoms with Crippen molar-refractivity contribution in [2.24, 2.45) is 0 Å². The number of rotatable bonds is 9. The Morgan fingerprint density at radius 3 is 1.00 bits per heavy atom. The molecule has 0 amide bonds. The first-order valence-electron chi connectivity index (χ1n) is 17.5. The van der Waals surface area contributed by atoms with Crippen LogP contribution in [0.2, 0.25) is 0 Å². The topological polar surface area (TPSA) is 9.72 Å². The number of fused-ring (bicyclic) bond motifs is 3. The Kier molecular flexibility index (Phi) is 8.60. The molecule has 0 fully saturated rings. The van der Waals surface area contributed by atoms with Crippen LogP contribution in [0.4, 0.5) is 51.2 Å². The summed E-state index contributed by atoms with van der Waals surface area (Å²) in [6.07, 6.45) is 0. The maximum absolute atomic E-state index is 2.44. The van der Waals surface area contributed by atoms with Crippen LogP contribution in [0.5, 0.6) is 0 Å². The Morgan fingerprint density at radius 2 is 0.577 bits per heavy atom. The zero-order valence-electron chi connectivity index (χ0n) is 28.5. The molecule has 0 bridgehead atoms. The van der Waals surface area contributed by atoms with Crippen LogP contribution < -0.4 is 14.7 Å². The van der Waals surface area contributed by atoms with Crippen molar-refractivity contribution < 1.29 is 0 Å². The van der Waals surface area contributed by atoms with E-state index in [9.17, 15) is 0 Å². The van der Waals surface area contributed by atoms with Gasteiger partial charge in [-0.2, -0.15) is 0 Å². The normalized spacial score (nSPS) is 11.1. The van der Waals surface area contributed by atoms with Gasteiger partial charge in [-0.05, 0) is 0 Å². The molecule has 1 heterocycles. The van der Waals surface area contributed by atoms with Crippen molar-refractivity contribution >= 4 is 85.0 Å². The molecule has 0 radical (unpaired) electrons. The van der Waals surface area contributed by atoms with Crippen LogP contribution >= 0.6 is 0 Å². The van der Waals surface area contributed by atoms with Gasteiger partial charge in [0.2, 0.25) is 0 Å². The van der Waals surface area contributed by atoms with Crippen LogP contribution in [0, 0.1) is 0 Å². The average molecular weight is 733 g/mol. The molecule has 9 rings (SSSR count). The molecular formula is C48H35N3Se. The van der Waals surface area contributed by atoms with E-state index in [0.29, 0.717) is 0 Å². The van der Waals surface area contributed by atoms with E-state index in [2.05, 4.69) is 227 Å². The van der Waals surface area contributed by atoms with Crippen LogP contribution in [0.1, 0.15) is 0 Å². The third kappa shape index (κ3) is 6.05. The molecular weight excluding hydrogens is 698 g/mol. The van der Waals surface area contributed by atoms with Gasteiger partial charge < -0.3 is 0 Å². The molecule has 0 aliphatic rings. The van der Waals surface area contributed by atoms with E-state index in [-0.39, 0.29) is 14.5 Å². The van der Waals surface area contributed by atoms with Gasteiger partial charge in [0.25, 0.3) is 0 Å². The Bertz CT molecular complexity index is 2350. The first-order chi connectivity index (χ1) is 25.8. The summed E-state index contributed by atoms with van der Waals surface area (Å²) in [6.45, 7) is 0. The van der Waals surface area contributed by atoms with Crippen LogP contribution in [-0.4, -0.2) is 14.5 Å². The quantitative estimate of drug-likeness (QED) is 0.137. The summed E-state index contributed by atoms with van der Waals surface area (Å²) < 4.78 is 2.85. The summed E-state index contributed by atoms with van der Waals surface area (Å²) in [5, 5.41) is 2.69. The van der Waals surface area contributed by atoms with Crippen molar-refractivity contribution in [3.05, 3.63) is 212 Å². The summed E-state index contributed by atoms with van der Waals surface area (Å²) in [7, 11) is 0. The van der Waals surface area contributed by atoms with Crippen molar-refractivity contribution in [1.29, 1.82) is 0 Å². The van der Waals surface area contributed by atoms with Gasteiger partial charge in [0.05, 0.1) is 0 Å². The number of para-hydroxylation sites is 4. The minimum atomic E-state index is 0.190. The second-order valence-electron chi connectivity index (χ2n) is 12.6. The Balaban J connectivity index is 1.18. The fourth-order valence-corrected chi connectivity index (χ4v) is 9.57. The van der Waals surface area contributed by atoms with E-state index >= 15 is 0 Å². The molecule has 3 nitrogen and oxygen atoms in total. The third-order valence-corrected chi connectivity index (χ3v) is 12.0. The molecule has 0 saturated heterocycles. The third-order valence-electron chi connectivity index (χ3n) is 9.41. The number of hydrogen-bond donors (Lipinski definition) is 0. The Hall–Kier alpha value is -6.32. The van der Waals surface area contributed by atoms with Crippen molar-refractivity contribution in [2.75, 3.05) is 14.7 Å². The molecule has 0 unspecified atom stereocenters. The molecule has 0 spiro atoms.